The molecule has 1 atom stereocenters. The van der Waals surface area contributed by atoms with Gasteiger partial charge < -0.3 is 19.5 Å². The lowest BCUT2D eigenvalue weighted by Crippen LogP contribution is -2.31. The van der Waals surface area contributed by atoms with Crippen molar-refractivity contribution in [1.29, 1.82) is 0 Å². The van der Waals surface area contributed by atoms with Crippen LogP contribution >= 0.6 is 0 Å². The van der Waals surface area contributed by atoms with Crippen molar-refractivity contribution in [2.24, 2.45) is 0 Å². The van der Waals surface area contributed by atoms with Crippen LogP contribution in [0.1, 0.15) is 29.7 Å². The van der Waals surface area contributed by atoms with Gasteiger partial charge in [0.1, 0.15) is 5.75 Å². The van der Waals surface area contributed by atoms with Crippen molar-refractivity contribution < 1.29 is 27.4 Å². The Morgan fingerprint density at radius 2 is 1.58 bits per heavy atom. The predicted molar refractivity (Wildman–Crippen MR) is 140 cm³/mol. The zero-order chi connectivity index (χ0) is 26.3. The molecule has 0 fully saturated rings. The Morgan fingerprint density at radius 1 is 0.944 bits per heavy atom. The summed E-state index contributed by atoms with van der Waals surface area (Å²) >= 11 is 0. The number of carbonyl (C=O) groups excluding carboxylic acids is 1. The molecule has 3 aromatic carbocycles. The number of sulfonamides is 1. The summed E-state index contributed by atoms with van der Waals surface area (Å²) in [5, 5.41) is 2.89. The van der Waals surface area contributed by atoms with Crippen molar-refractivity contribution in [1.82, 2.24) is 5.32 Å². The molecule has 0 saturated carbocycles. The number of rotatable bonds is 11. The number of benzene rings is 3. The maximum atomic E-state index is 12.4. The molecule has 192 valence electrons. The summed E-state index contributed by atoms with van der Waals surface area (Å²) in [6.45, 7) is 3.88. The molecule has 3 aromatic rings. The minimum Gasteiger partial charge on any atom is -0.493 e. The highest BCUT2D eigenvalue weighted by Crippen LogP contribution is 2.30. The van der Waals surface area contributed by atoms with Crippen LogP contribution in [0.15, 0.2) is 66.7 Å². The topological polar surface area (TPSA) is 94.2 Å². The van der Waals surface area contributed by atoms with Crippen molar-refractivity contribution in [3.63, 3.8) is 0 Å². The van der Waals surface area contributed by atoms with Gasteiger partial charge in [-0.05, 0) is 61.4 Å². The van der Waals surface area contributed by atoms with E-state index in [0.717, 1.165) is 16.7 Å². The molecule has 0 aliphatic rings. The Kier molecular flexibility index (Phi) is 8.82. The van der Waals surface area contributed by atoms with Crippen LogP contribution in [-0.2, 0) is 21.4 Å². The maximum absolute atomic E-state index is 12.4. The number of ether oxygens (including phenoxy) is 3. The Bertz CT molecular complexity index is 1270. The van der Waals surface area contributed by atoms with Gasteiger partial charge >= 0.3 is 0 Å². The quantitative estimate of drug-likeness (QED) is 0.413. The Labute approximate surface area is 212 Å². The Hall–Kier alpha value is -3.72. The third kappa shape index (κ3) is 7.14. The lowest BCUT2D eigenvalue weighted by Gasteiger charge is -2.23. The summed E-state index contributed by atoms with van der Waals surface area (Å²) in [6.07, 6.45) is 1.18. The molecule has 0 radical (unpaired) electrons. The molecule has 0 spiro atoms. The second-order valence-corrected chi connectivity index (χ2v) is 10.3. The van der Waals surface area contributed by atoms with Crippen molar-refractivity contribution in [3.8, 4) is 17.2 Å². The van der Waals surface area contributed by atoms with Crippen LogP contribution in [0.2, 0.25) is 0 Å². The van der Waals surface area contributed by atoms with Crippen molar-refractivity contribution in [2.75, 3.05) is 31.4 Å². The van der Waals surface area contributed by atoms with Crippen molar-refractivity contribution in [2.45, 2.75) is 26.4 Å². The number of nitrogens with one attached hydrogen (secondary N) is 1. The first-order chi connectivity index (χ1) is 17.1. The number of carbonyl (C=O) groups is 1. The van der Waals surface area contributed by atoms with Gasteiger partial charge in [-0.2, -0.15) is 0 Å². The van der Waals surface area contributed by atoms with Gasteiger partial charge in [-0.3, -0.25) is 9.10 Å². The number of nitrogens with zero attached hydrogens (tertiary/aromatic N) is 1. The van der Waals surface area contributed by atoms with Crippen LogP contribution < -0.4 is 23.8 Å². The molecule has 0 aromatic heterocycles. The molecule has 1 N–H and O–H groups in total. The van der Waals surface area contributed by atoms with E-state index in [1.54, 1.807) is 44.6 Å². The molecule has 0 heterocycles. The first-order valence-electron chi connectivity index (χ1n) is 11.4. The number of anilines is 1. The van der Waals surface area contributed by atoms with Gasteiger partial charge in [-0.1, -0.05) is 35.9 Å². The summed E-state index contributed by atoms with van der Waals surface area (Å²) < 4.78 is 42.4. The minimum absolute atomic E-state index is 0.184. The summed E-state index contributed by atoms with van der Waals surface area (Å²) in [5.41, 5.74) is 3.36. The summed E-state index contributed by atoms with van der Waals surface area (Å²) in [6, 6.07) is 19.5. The SMILES string of the molecule is COc1ccc(C(C)NC(=O)COc2ccc(N(Cc3ccc(C)cc3)S(C)(=O)=O)cc2)cc1OC. The molecule has 9 heteroatoms. The molecule has 0 bridgehead atoms. The van der Waals surface area contributed by atoms with E-state index in [-0.39, 0.29) is 25.1 Å². The van der Waals surface area contributed by atoms with Crippen molar-refractivity contribution in [3.05, 3.63) is 83.4 Å². The summed E-state index contributed by atoms with van der Waals surface area (Å²) in [7, 11) is -0.381. The van der Waals surface area contributed by atoms with Crippen molar-refractivity contribution >= 4 is 21.6 Å². The normalized spacial score (nSPS) is 11.9. The minimum atomic E-state index is -3.50. The fourth-order valence-electron chi connectivity index (χ4n) is 3.61. The van der Waals surface area contributed by atoms with E-state index in [1.807, 2.05) is 50.2 Å². The standard InChI is InChI=1S/C27H32N2O6S/c1-19-6-8-21(9-7-19)17-29(36(5,31)32)23-11-13-24(14-12-23)35-18-27(30)28-20(2)22-10-15-25(33-3)26(16-22)34-4/h6-16,20H,17-18H2,1-5H3,(H,28,30). The fourth-order valence-corrected chi connectivity index (χ4v) is 4.49. The van der Waals surface area contributed by atoms with Gasteiger partial charge in [0.2, 0.25) is 10.0 Å². The van der Waals surface area contributed by atoms with E-state index in [0.29, 0.717) is 22.9 Å². The van der Waals surface area contributed by atoms with E-state index in [1.165, 1.54) is 10.6 Å². The first kappa shape index (κ1) is 26.9. The van der Waals surface area contributed by atoms with Gasteiger partial charge in [0.15, 0.2) is 18.1 Å². The molecular weight excluding hydrogens is 480 g/mol. The monoisotopic (exact) mass is 512 g/mol. The zero-order valence-electron chi connectivity index (χ0n) is 21.1. The van der Waals surface area contributed by atoms with E-state index < -0.39 is 10.0 Å². The van der Waals surface area contributed by atoms with Crippen LogP contribution in [-0.4, -0.2) is 41.4 Å². The summed E-state index contributed by atoms with van der Waals surface area (Å²) in [4.78, 5) is 12.4. The zero-order valence-corrected chi connectivity index (χ0v) is 22.0. The molecule has 36 heavy (non-hydrogen) atoms. The lowest BCUT2D eigenvalue weighted by molar-refractivity contribution is -0.123. The number of hydrogen-bond acceptors (Lipinski definition) is 6. The van der Waals surface area contributed by atoms with Gasteiger partial charge in [0.05, 0.1) is 38.7 Å². The van der Waals surface area contributed by atoms with Crippen LogP contribution in [0.5, 0.6) is 17.2 Å². The number of hydrogen-bond donors (Lipinski definition) is 1. The van der Waals surface area contributed by atoms with Crippen LogP contribution in [0.4, 0.5) is 5.69 Å². The molecule has 1 amide bonds. The largest absolute Gasteiger partial charge is 0.493 e. The van der Waals surface area contributed by atoms with Gasteiger partial charge in [-0.25, -0.2) is 8.42 Å². The van der Waals surface area contributed by atoms with Gasteiger partial charge in [-0.15, -0.1) is 0 Å². The number of aryl methyl sites for hydroxylation is 1. The van der Waals surface area contributed by atoms with Gasteiger partial charge in [0.25, 0.3) is 5.91 Å². The molecule has 0 aliphatic carbocycles. The molecule has 1 unspecified atom stereocenters. The van der Waals surface area contributed by atoms with Gasteiger partial charge in [0, 0.05) is 0 Å². The fraction of sp³-hybridized carbons (Fsp3) is 0.296. The first-order valence-corrected chi connectivity index (χ1v) is 13.2. The van der Waals surface area contributed by atoms with E-state index >= 15 is 0 Å². The third-order valence-electron chi connectivity index (χ3n) is 5.63. The second kappa shape index (κ2) is 11.8. The maximum Gasteiger partial charge on any atom is 0.258 e. The highest BCUT2D eigenvalue weighted by Gasteiger charge is 2.18. The van der Waals surface area contributed by atoms with Crippen LogP contribution in [0.3, 0.4) is 0 Å². The molecule has 0 aliphatic heterocycles. The summed E-state index contributed by atoms with van der Waals surface area (Å²) in [5.74, 6) is 1.35. The van der Waals surface area contributed by atoms with E-state index in [2.05, 4.69) is 5.32 Å². The molecule has 8 nitrogen and oxygen atoms in total. The molecule has 0 saturated heterocycles. The lowest BCUT2D eigenvalue weighted by atomic mass is 10.1. The second-order valence-electron chi connectivity index (χ2n) is 8.44. The van der Waals surface area contributed by atoms with E-state index in [4.69, 9.17) is 14.2 Å². The Balaban J connectivity index is 1.60. The Morgan fingerprint density at radius 3 is 2.17 bits per heavy atom. The predicted octanol–water partition coefficient (Wildman–Crippen LogP) is 4.23. The highest BCUT2D eigenvalue weighted by atomic mass is 32.2. The molecule has 3 rings (SSSR count). The highest BCUT2D eigenvalue weighted by molar-refractivity contribution is 7.92. The average Bonchev–Trinajstić information content (AvgIpc) is 2.86. The smallest absolute Gasteiger partial charge is 0.258 e. The third-order valence-corrected chi connectivity index (χ3v) is 6.77. The van der Waals surface area contributed by atoms with Crippen LogP contribution in [0.25, 0.3) is 0 Å². The van der Waals surface area contributed by atoms with Crippen LogP contribution in [0, 0.1) is 6.92 Å². The molecular formula is C27H32N2O6S. The average molecular weight is 513 g/mol. The number of methoxy groups -OCH3 is 2. The number of amides is 1. The van der Waals surface area contributed by atoms with E-state index in [9.17, 15) is 13.2 Å².